The first kappa shape index (κ1) is 23.9. The van der Waals surface area contributed by atoms with Gasteiger partial charge in [-0.2, -0.15) is 0 Å². The zero-order valence-corrected chi connectivity index (χ0v) is 19.5. The van der Waals surface area contributed by atoms with Crippen molar-refractivity contribution < 1.29 is 4.74 Å². The Labute approximate surface area is 181 Å². The van der Waals surface area contributed by atoms with Crippen LogP contribution < -0.4 is 10.6 Å². The minimum absolute atomic E-state index is 0.181. The number of ether oxygens (including phenoxy) is 1. The number of nitrogens with zero attached hydrogens (tertiary/aromatic N) is 4. The molecule has 0 spiro atoms. The van der Waals surface area contributed by atoms with Gasteiger partial charge in [-0.05, 0) is 43.2 Å². The molecular formula is C23H38N6O. The normalized spacial score (nSPS) is 12.3. The van der Waals surface area contributed by atoms with E-state index in [1.165, 1.54) is 11.1 Å². The van der Waals surface area contributed by atoms with Crippen molar-refractivity contribution in [2.45, 2.75) is 59.4 Å². The van der Waals surface area contributed by atoms with Gasteiger partial charge in [0.25, 0.3) is 0 Å². The Morgan fingerprint density at radius 2 is 1.80 bits per heavy atom. The molecule has 0 amide bonds. The average Bonchev–Trinajstić information content (AvgIpc) is 3.03. The molecule has 2 N–H and O–H groups in total. The second-order valence-electron chi connectivity index (χ2n) is 8.49. The van der Waals surface area contributed by atoms with E-state index < -0.39 is 0 Å². The van der Waals surface area contributed by atoms with Gasteiger partial charge in [0, 0.05) is 33.4 Å². The van der Waals surface area contributed by atoms with Crippen LogP contribution in [0.4, 0.5) is 0 Å². The fourth-order valence-electron chi connectivity index (χ4n) is 2.93. The SMILES string of the molecule is CCOCCCNC(=NCc1nnc(C)n1C)NCCc1ccc(C(C)(C)C)cc1. The quantitative estimate of drug-likeness (QED) is 0.355. The number of hydrogen-bond acceptors (Lipinski definition) is 4. The summed E-state index contributed by atoms with van der Waals surface area (Å²) in [5, 5.41) is 15.1. The summed E-state index contributed by atoms with van der Waals surface area (Å²) in [6.07, 6.45) is 1.87. The smallest absolute Gasteiger partial charge is 0.191 e. The van der Waals surface area contributed by atoms with Gasteiger partial charge in [-0.3, -0.25) is 0 Å². The lowest BCUT2D eigenvalue weighted by atomic mass is 9.86. The Morgan fingerprint density at radius 1 is 1.10 bits per heavy atom. The van der Waals surface area contributed by atoms with Gasteiger partial charge < -0.3 is 19.9 Å². The van der Waals surface area contributed by atoms with Crippen LogP contribution in [0.1, 0.15) is 56.9 Å². The fraction of sp³-hybridized carbons (Fsp3) is 0.609. The summed E-state index contributed by atoms with van der Waals surface area (Å²) in [6, 6.07) is 8.90. The number of aromatic nitrogens is 3. The van der Waals surface area contributed by atoms with E-state index in [0.29, 0.717) is 6.54 Å². The summed E-state index contributed by atoms with van der Waals surface area (Å²) in [7, 11) is 1.96. The van der Waals surface area contributed by atoms with Crippen LogP contribution in [0.3, 0.4) is 0 Å². The van der Waals surface area contributed by atoms with Crippen LogP contribution >= 0.6 is 0 Å². The Bertz CT molecular complexity index is 789. The molecule has 0 unspecified atom stereocenters. The first-order valence-electron chi connectivity index (χ1n) is 10.9. The lowest BCUT2D eigenvalue weighted by molar-refractivity contribution is 0.145. The molecule has 0 aliphatic carbocycles. The van der Waals surface area contributed by atoms with Crippen LogP contribution in [-0.2, 0) is 30.2 Å². The number of aryl methyl sites for hydroxylation is 1. The fourth-order valence-corrected chi connectivity index (χ4v) is 2.93. The molecule has 166 valence electrons. The molecule has 0 aliphatic heterocycles. The zero-order chi connectivity index (χ0) is 22.0. The summed E-state index contributed by atoms with van der Waals surface area (Å²) in [5.74, 6) is 2.53. The molecule has 0 bridgehead atoms. The molecule has 0 saturated carbocycles. The van der Waals surface area contributed by atoms with E-state index >= 15 is 0 Å². The maximum absolute atomic E-state index is 5.41. The molecule has 1 heterocycles. The van der Waals surface area contributed by atoms with Crippen LogP contribution in [0.5, 0.6) is 0 Å². The van der Waals surface area contributed by atoms with Crippen molar-refractivity contribution >= 4 is 5.96 Å². The van der Waals surface area contributed by atoms with E-state index in [4.69, 9.17) is 9.73 Å². The van der Waals surface area contributed by atoms with Gasteiger partial charge in [0.05, 0.1) is 0 Å². The molecule has 30 heavy (non-hydrogen) atoms. The molecule has 7 heteroatoms. The van der Waals surface area contributed by atoms with Crippen molar-refractivity contribution in [2.75, 3.05) is 26.3 Å². The van der Waals surface area contributed by atoms with E-state index in [9.17, 15) is 0 Å². The zero-order valence-electron chi connectivity index (χ0n) is 19.5. The maximum Gasteiger partial charge on any atom is 0.191 e. The van der Waals surface area contributed by atoms with Gasteiger partial charge in [0.15, 0.2) is 11.8 Å². The molecular weight excluding hydrogens is 376 g/mol. The Balaban J connectivity index is 1.91. The lowest BCUT2D eigenvalue weighted by Gasteiger charge is -2.19. The predicted octanol–water partition coefficient (Wildman–Crippen LogP) is 3.13. The highest BCUT2D eigenvalue weighted by molar-refractivity contribution is 5.79. The van der Waals surface area contributed by atoms with Crippen LogP contribution in [0, 0.1) is 6.92 Å². The molecule has 0 saturated heterocycles. The van der Waals surface area contributed by atoms with Crippen molar-refractivity contribution in [1.29, 1.82) is 0 Å². The molecule has 0 atom stereocenters. The van der Waals surface area contributed by atoms with E-state index in [2.05, 4.69) is 65.9 Å². The largest absolute Gasteiger partial charge is 0.382 e. The summed E-state index contributed by atoms with van der Waals surface area (Å²) in [6.45, 7) is 14.3. The second kappa shape index (κ2) is 11.7. The second-order valence-corrected chi connectivity index (χ2v) is 8.49. The van der Waals surface area contributed by atoms with E-state index in [-0.39, 0.29) is 5.41 Å². The van der Waals surface area contributed by atoms with E-state index in [1.54, 1.807) is 0 Å². The van der Waals surface area contributed by atoms with Gasteiger partial charge in [-0.25, -0.2) is 4.99 Å². The van der Waals surface area contributed by atoms with Gasteiger partial charge in [-0.1, -0.05) is 45.0 Å². The van der Waals surface area contributed by atoms with Crippen LogP contribution in [0.15, 0.2) is 29.3 Å². The average molecular weight is 415 g/mol. The summed E-state index contributed by atoms with van der Waals surface area (Å²) < 4.78 is 7.38. The van der Waals surface area contributed by atoms with Gasteiger partial charge in [-0.15, -0.1) is 10.2 Å². The van der Waals surface area contributed by atoms with Crippen molar-refractivity contribution in [3.05, 3.63) is 47.0 Å². The Morgan fingerprint density at radius 3 is 2.40 bits per heavy atom. The minimum Gasteiger partial charge on any atom is -0.382 e. The summed E-state index contributed by atoms with van der Waals surface area (Å²) >= 11 is 0. The van der Waals surface area contributed by atoms with Gasteiger partial charge in [0.1, 0.15) is 12.4 Å². The summed E-state index contributed by atoms with van der Waals surface area (Å²) in [5.41, 5.74) is 2.85. The number of benzene rings is 1. The van der Waals surface area contributed by atoms with E-state index in [1.807, 2.05) is 25.5 Å². The molecule has 0 radical (unpaired) electrons. The predicted molar refractivity (Wildman–Crippen MR) is 123 cm³/mol. The molecule has 0 aliphatic rings. The van der Waals surface area contributed by atoms with Crippen molar-refractivity contribution in [3.63, 3.8) is 0 Å². The summed E-state index contributed by atoms with van der Waals surface area (Å²) in [4.78, 5) is 4.69. The van der Waals surface area contributed by atoms with Crippen molar-refractivity contribution in [1.82, 2.24) is 25.4 Å². The topological polar surface area (TPSA) is 76.4 Å². The van der Waals surface area contributed by atoms with Crippen molar-refractivity contribution in [3.8, 4) is 0 Å². The number of nitrogens with one attached hydrogen (secondary N) is 2. The first-order chi connectivity index (χ1) is 14.3. The lowest BCUT2D eigenvalue weighted by Crippen LogP contribution is -2.39. The number of guanidine groups is 1. The third-order valence-corrected chi connectivity index (χ3v) is 5.05. The monoisotopic (exact) mass is 414 g/mol. The van der Waals surface area contributed by atoms with Crippen LogP contribution in [0.2, 0.25) is 0 Å². The van der Waals surface area contributed by atoms with Crippen LogP contribution in [0.25, 0.3) is 0 Å². The third kappa shape index (κ3) is 7.78. The first-order valence-corrected chi connectivity index (χ1v) is 10.9. The minimum atomic E-state index is 0.181. The third-order valence-electron chi connectivity index (χ3n) is 5.05. The highest BCUT2D eigenvalue weighted by Gasteiger charge is 2.12. The standard InChI is InChI=1S/C23H38N6O/c1-7-30-16-8-14-24-22(26-17-21-28-27-18(2)29(21)6)25-15-13-19-9-11-20(12-10-19)23(3,4)5/h9-12H,7-8,13-17H2,1-6H3,(H2,24,25,26). The number of rotatable bonds is 10. The highest BCUT2D eigenvalue weighted by Crippen LogP contribution is 2.22. The van der Waals surface area contributed by atoms with Gasteiger partial charge >= 0.3 is 0 Å². The molecule has 7 nitrogen and oxygen atoms in total. The molecule has 0 fully saturated rings. The molecule has 2 aromatic rings. The van der Waals surface area contributed by atoms with Crippen LogP contribution in [-0.4, -0.2) is 47.0 Å². The Hall–Kier alpha value is -2.41. The maximum atomic E-state index is 5.41. The molecule has 1 aromatic heterocycles. The number of aliphatic imine (C=N–C) groups is 1. The number of hydrogen-bond donors (Lipinski definition) is 2. The van der Waals surface area contributed by atoms with Gasteiger partial charge in [0.2, 0.25) is 0 Å². The van der Waals surface area contributed by atoms with Crippen molar-refractivity contribution in [2.24, 2.45) is 12.0 Å². The molecule has 1 aromatic carbocycles. The molecule has 2 rings (SSSR count). The Kier molecular flexibility index (Phi) is 9.30. The highest BCUT2D eigenvalue weighted by atomic mass is 16.5. The van der Waals surface area contributed by atoms with E-state index in [0.717, 1.165) is 56.8 Å².